The molecule has 0 radical (unpaired) electrons. The quantitative estimate of drug-likeness (QED) is 0.781. The van der Waals surface area contributed by atoms with E-state index >= 15 is 0 Å². The van der Waals surface area contributed by atoms with Gasteiger partial charge in [0.15, 0.2) is 0 Å². The van der Waals surface area contributed by atoms with Gasteiger partial charge in [0.2, 0.25) is 0 Å². The van der Waals surface area contributed by atoms with Crippen LogP contribution in [0.1, 0.15) is 35.9 Å². The average Bonchev–Trinajstić information content (AvgIpc) is 2.67. The van der Waals surface area contributed by atoms with Gasteiger partial charge in [-0.25, -0.2) is 0 Å². The number of ether oxygens (including phenoxy) is 1. The molecule has 1 saturated heterocycles. The number of nitrogens with zero attached hydrogens (tertiary/aromatic N) is 2. The highest BCUT2D eigenvalue weighted by atomic mass is 16.5. The topological polar surface area (TPSA) is 25.4 Å². The molecule has 0 saturated carbocycles. The van der Waals surface area contributed by atoms with E-state index in [1.54, 1.807) is 0 Å². The SMILES string of the molecule is Cc1cc(C2CCCO2)cc(CN(C)C)n1. The van der Waals surface area contributed by atoms with Gasteiger partial charge in [0.05, 0.1) is 11.8 Å². The van der Waals surface area contributed by atoms with Crippen molar-refractivity contribution in [3.8, 4) is 0 Å². The molecule has 1 aromatic heterocycles. The highest BCUT2D eigenvalue weighted by Crippen LogP contribution is 2.29. The van der Waals surface area contributed by atoms with Crippen molar-refractivity contribution >= 4 is 0 Å². The molecule has 2 rings (SSSR count). The number of aromatic nitrogens is 1. The fourth-order valence-corrected chi connectivity index (χ4v) is 2.20. The minimum atomic E-state index is 0.294. The van der Waals surface area contributed by atoms with E-state index in [1.165, 1.54) is 12.0 Å². The molecule has 0 aromatic carbocycles. The second-order valence-corrected chi connectivity index (χ2v) is 4.77. The maximum Gasteiger partial charge on any atom is 0.0827 e. The van der Waals surface area contributed by atoms with Crippen molar-refractivity contribution < 1.29 is 4.74 Å². The molecule has 1 aromatic rings. The van der Waals surface area contributed by atoms with Crippen LogP contribution in [0.2, 0.25) is 0 Å². The monoisotopic (exact) mass is 220 g/mol. The van der Waals surface area contributed by atoms with Crippen molar-refractivity contribution in [3.63, 3.8) is 0 Å². The zero-order valence-electron chi connectivity index (χ0n) is 10.4. The minimum Gasteiger partial charge on any atom is -0.374 e. The predicted octanol–water partition coefficient (Wildman–Crippen LogP) is 2.30. The molecule has 0 aliphatic carbocycles. The third-order valence-electron chi connectivity index (χ3n) is 2.81. The average molecular weight is 220 g/mol. The second kappa shape index (κ2) is 4.93. The smallest absolute Gasteiger partial charge is 0.0827 e. The lowest BCUT2D eigenvalue weighted by Crippen LogP contribution is -2.13. The molecule has 0 amide bonds. The number of hydrogen-bond donors (Lipinski definition) is 0. The fraction of sp³-hybridized carbons (Fsp3) is 0.615. The van der Waals surface area contributed by atoms with Crippen LogP contribution in [0.5, 0.6) is 0 Å². The van der Waals surface area contributed by atoms with Gasteiger partial charge < -0.3 is 9.64 Å². The molecule has 1 aliphatic heterocycles. The Labute approximate surface area is 97.4 Å². The lowest BCUT2D eigenvalue weighted by molar-refractivity contribution is 0.111. The maximum atomic E-state index is 5.71. The van der Waals surface area contributed by atoms with Gasteiger partial charge >= 0.3 is 0 Å². The van der Waals surface area contributed by atoms with Gasteiger partial charge in [-0.2, -0.15) is 0 Å². The molecular weight excluding hydrogens is 200 g/mol. The van der Waals surface area contributed by atoms with E-state index in [0.717, 1.165) is 31.0 Å². The summed E-state index contributed by atoms with van der Waals surface area (Å²) in [5.41, 5.74) is 3.52. The summed E-state index contributed by atoms with van der Waals surface area (Å²) in [6.07, 6.45) is 2.61. The van der Waals surface area contributed by atoms with E-state index in [4.69, 9.17) is 4.74 Å². The van der Waals surface area contributed by atoms with E-state index in [1.807, 2.05) is 0 Å². The van der Waals surface area contributed by atoms with Crippen LogP contribution in [0.4, 0.5) is 0 Å². The maximum absolute atomic E-state index is 5.71. The lowest BCUT2D eigenvalue weighted by Gasteiger charge is -2.14. The molecule has 1 aliphatic rings. The van der Waals surface area contributed by atoms with Crippen LogP contribution in [0.3, 0.4) is 0 Å². The van der Waals surface area contributed by atoms with E-state index in [0.29, 0.717) is 6.10 Å². The van der Waals surface area contributed by atoms with Crippen molar-refractivity contribution in [2.24, 2.45) is 0 Å². The van der Waals surface area contributed by atoms with Crippen LogP contribution in [0.25, 0.3) is 0 Å². The Balaban J connectivity index is 2.20. The minimum absolute atomic E-state index is 0.294. The molecule has 0 bridgehead atoms. The third kappa shape index (κ3) is 2.80. The summed E-state index contributed by atoms with van der Waals surface area (Å²) in [5.74, 6) is 0. The molecule has 3 heteroatoms. The summed E-state index contributed by atoms with van der Waals surface area (Å²) in [6, 6.07) is 4.33. The fourth-order valence-electron chi connectivity index (χ4n) is 2.20. The first-order valence-electron chi connectivity index (χ1n) is 5.89. The Morgan fingerprint density at radius 3 is 2.88 bits per heavy atom. The van der Waals surface area contributed by atoms with Crippen molar-refractivity contribution in [3.05, 3.63) is 29.1 Å². The van der Waals surface area contributed by atoms with E-state index < -0.39 is 0 Å². The van der Waals surface area contributed by atoms with Crippen molar-refractivity contribution in [2.75, 3.05) is 20.7 Å². The van der Waals surface area contributed by atoms with Crippen LogP contribution in [0, 0.1) is 6.92 Å². The van der Waals surface area contributed by atoms with Crippen molar-refractivity contribution in [1.29, 1.82) is 0 Å². The standard InChI is InChI=1S/C13H20N2O/c1-10-7-11(13-5-4-6-16-13)8-12(14-10)9-15(2)3/h7-8,13H,4-6,9H2,1-3H3. The van der Waals surface area contributed by atoms with Gasteiger partial charge in [-0.1, -0.05) is 0 Å². The van der Waals surface area contributed by atoms with Crippen molar-refractivity contribution in [1.82, 2.24) is 9.88 Å². The zero-order valence-corrected chi connectivity index (χ0v) is 10.4. The Morgan fingerprint density at radius 2 is 2.25 bits per heavy atom. The highest BCUT2D eigenvalue weighted by molar-refractivity contribution is 5.23. The summed E-state index contributed by atoms with van der Waals surface area (Å²) in [5, 5.41) is 0. The Bertz CT molecular complexity index is 357. The third-order valence-corrected chi connectivity index (χ3v) is 2.81. The second-order valence-electron chi connectivity index (χ2n) is 4.77. The van der Waals surface area contributed by atoms with Crippen LogP contribution in [-0.2, 0) is 11.3 Å². The Hall–Kier alpha value is -0.930. The van der Waals surface area contributed by atoms with Crippen LogP contribution in [0.15, 0.2) is 12.1 Å². The molecule has 16 heavy (non-hydrogen) atoms. The highest BCUT2D eigenvalue weighted by Gasteiger charge is 2.18. The number of rotatable bonds is 3. The van der Waals surface area contributed by atoms with E-state index in [9.17, 15) is 0 Å². The first kappa shape index (κ1) is 11.6. The van der Waals surface area contributed by atoms with Gasteiger partial charge in [0.25, 0.3) is 0 Å². The number of hydrogen-bond acceptors (Lipinski definition) is 3. The summed E-state index contributed by atoms with van der Waals surface area (Å²) in [7, 11) is 4.13. The van der Waals surface area contributed by atoms with Gasteiger partial charge in [-0.15, -0.1) is 0 Å². The van der Waals surface area contributed by atoms with Crippen LogP contribution in [-0.4, -0.2) is 30.6 Å². The van der Waals surface area contributed by atoms with E-state index in [2.05, 4.69) is 43.0 Å². The van der Waals surface area contributed by atoms with E-state index in [-0.39, 0.29) is 0 Å². The van der Waals surface area contributed by atoms with Gasteiger partial charge in [0, 0.05) is 18.8 Å². The molecule has 2 heterocycles. The summed E-state index contributed by atoms with van der Waals surface area (Å²) in [6.45, 7) is 3.84. The van der Waals surface area contributed by atoms with Crippen LogP contribution < -0.4 is 0 Å². The number of aryl methyl sites for hydroxylation is 1. The first-order valence-corrected chi connectivity index (χ1v) is 5.89. The molecule has 1 atom stereocenters. The first-order chi connectivity index (χ1) is 7.65. The molecule has 1 unspecified atom stereocenters. The lowest BCUT2D eigenvalue weighted by atomic mass is 10.1. The molecule has 0 N–H and O–H groups in total. The predicted molar refractivity (Wildman–Crippen MR) is 64.3 cm³/mol. The molecule has 1 fully saturated rings. The Morgan fingerprint density at radius 1 is 1.44 bits per heavy atom. The molecule has 3 nitrogen and oxygen atoms in total. The van der Waals surface area contributed by atoms with Crippen LogP contribution >= 0.6 is 0 Å². The summed E-state index contributed by atoms with van der Waals surface area (Å²) >= 11 is 0. The van der Waals surface area contributed by atoms with Crippen molar-refractivity contribution in [2.45, 2.75) is 32.4 Å². The largest absolute Gasteiger partial charge is 0.374 e. The number of pyridine rings is 1. The summed E-state index contributed by atoms with van der Waals surface area (Å²) in [4.78, 5) is 6.69. The van der Waals surface area contributed by atoms with Gasteiger partial charge in [-0.3, -0.25) is 4.98 Å². The zero-order chi connectivity index (χ0) is 11.5. The summed E-state index contributed by atoms with van der Waals surface area (Å²) < 4.78 is 5.71. The van der Waals surface area contributed by atoms with Gasteiger partial charge in [0.1, 0.15) is 0 Å². The Kier molecular flexibility index (Phi) is 3.56. The molecular formula is C13H20N2O. The molecule has 88 valence electrons. The molecule has 0 spiro atoms. The normalized spacial score (nSPS) is 20.6. The van der Waals surface area contributed by atoms with Gasteiger partial charge in [-0.05, 0) is 51.6 Å².